The summed E-state index contributed by atoms with van der Waals surface area (Å²) in [6, 6.07) is 0. The molecule has 3 aromatic heterocycles. The molecule has 3 aromatic rings. The van der Waals surface area contributed by atoms with Crippen LogP contribution in [-0.4, -0.2) is 55.7 Å². The molecule has 8 heteroatoms. The lowest BCUT2D eigenvalue weighted by Gasteiger charge is -2.26. The molecule has 4 rings (SSSR count). The van der Waals surface area contributed by atoms with E-state index in [9.17, 15) is 5.11 Å². The fourth-order valence-corrected chi connectivity index (χ4v) is 2.73. The van der Waals surface area contributed by atoms with Gasteiger partial charge in [-0.2, -0.15) is 5.10 Å². The van der Waals surface area contributed by atoms with E-state index in [1.807, 2.05) is 24.0 Å². The minimum absolute atomic E-state index is 0.129. The van der Waals surface area contributed by atoms with Crippen molar-refractivity contribution in [3.63, 3.8) is 0 Å². The molecule has 23 heavy (non-hydrogen) atoms. The number of rotatable bonds is 3. The van der Waals surface area contributed by atoms with Crippen LogP contribution in [0.3, 0.4) is 0 Å². The highest BCUT2D eigenvalue weighted by Gasteiger charge is 2.17. The molecule has 1 aliphatic heterocycles. The van der Waals surface area contributed by atoms with Crippen LogP contribution in [0.1, 0.15) is 6.92 Å². The number of nitrogens with zero attached hydrogens (tertiary/aromatic N) is 6. The van der Waals surface area contributed by atoms with E-state index in [1.54, 1.807) is 17.0 Å². The van der Waals surface area contributed by atoms with Gasteiger partial charge in [0.1, 0.15) is 0 Å². The third-order valence-electron chi connectivity index (χ3n) is 4.04. The Morgan fingerprint density at radius 3 is 2.78 bits per heavy atom. The molecule has 0 unspecified atom stereocenters. The highest BCUT2D eigenvalue weighted by atomic mass is 16.5. The maximum Gasteiger partial charge on any atom is 0.226 e. The topological polar surface area (TPSA) is 81.2 Å². The summed E-state index contributed by atoms with van der Waals surface area (Å²) in [7, 11) is 0. The molecule has 0 aliphatic carbocycles. The normalized spacial score (nSPS) is 15.4. The summed E-state index contributed by atoms with van der Waals surface area (Å²) in [5, 5.41) is 15.3. The lowest BCUT2D eigenvalue weighted by atomic mass is 10.4. The van der Waals surface area contributed by atoms with E-state index in [1.165, 1.54) is 0 Å². The molecule has 4 heterocycles. The van der Waals surface area contributed by atoms with Crippen LogP contribution in [0.5, 0.6) is 5.88 Å². The predicted octanol–water partition coefficient (Wildman–Crippen LogP) is 1.18. The van der Waals surface area contributed by atoms with Gasteiger partial charge in [0.05, 0.1) is 36.0 Å². The molecule has 120 valence electrons. The maximum atomic E-state index is 10.4. The predicted molar refractivity (Wildman–Crippen MR) is 85.0 cm³/mol. The average Bonchev–Trinajstić information content (AvgIpc) is 3.20. The Morgan fingerprint density at radius 1 is 1.22 bits per heavy atom. The van der Waals surface area contributed by atoms with E-state index in [0.717, 1.165) is 25.3 Å². The van der Waals surface area contributed by atoms with E-state index in [4.69, 9.17) is 4.74 Å². The Labute approximate surface area is 132 Å². The van der Waals surface area contributed by atoms with Crippen LogP contribution in [0, 0.1) is 0 Å². The first kappa shape index (κ1) is 14.0. The molecule has 0 atom stereocenters. The molecular weight excluding hydrogens is 296 g/mol. The van der Waals surface area contributed by atoms with Gasteiger partial charge in [-0.05, 0) is 6.92 Å². The van der Waals surface area contributed by atoms with Crippen LogP contribution in [0.25, 0.3) is 16.6 Å². The Balaban J connectivity index is 1.74. The number of anilines is 1. The number of aromatic hydroxyl groups is 1. The fraction of sp³-hybridized carbons (Fsp3) is 0.400. The number of fused-ring (bicyclic) bond motifs is 1. The first-order valence-corrected chi connectivity index (χ1v) is 7.69. The monoisotopic (exact) mass is 314 g/mol. The smallest absolute Gasteiger partial charge is 0.226 e. The van der Waals surface area contributed by atoms with Crippen molar-refractivity contribution in [2.45, 2.75) is 13.5 Å². The van der Waals surface area contributed by atoms with Gasteiger partial charge in [-0.1, -0.05) is 0 Å². The van der Waals surface area contributed by atoms with Crippen LogP contribution in [-0.2, 0) is 11.3 Å². The lowest BCUT2D eigenvalue weighted by Crippen LogP contribution is -2.37. The molecule has 0 saturated carbocycles. The van der Waals surface area contributed by atoms with E-state index < -0.39 is 0 Å². The van der Waals surface area contributed by atoms with Gasteiger partial charge < -0.3 is 14.7 Å². The molecular formula is C15H18N6O2. The van der Waals surface area contributed by atoms with Crippen molar-refractivity contribution in [3.05, 3.63) is 24.8 Å². The zero-order valence-electron chi connectivity index (χ0n) is 12.9. The second-order valence-electron chi connectivity index (χ2n) is 5.45. The fourth-order valence-electron chi connectivity index (χ4n) is 2.73. The van der Waals surface area contributed by atoms with Crippen LogP contribution >= 0.6 is 0 Å². The molecule has 1 fully saturated rings. The summed E-state index contributed by atoms with van der Waals surface area (Å²) in [4.78, 5) is 11.1. The van der Waals surface area contributed by atoms with Gasteiger partial charge in [-0.25, -0.2) is 9.97 Å². The van der Waals surface area contributed by atoms with Gasteiger partial charge in [-0.15, -0.1) is 0 Å². The maximum absolute atomic E-state index is 10.4. The molecule has 8 nitrogen and oxygen atoms in total. The third-order valence-corrected chi connectivity index (χ3v) is 4.04. The van der Waals surface area contributed by atoms with Crippen molar-refractivity contribution in [2.75, 3.05) is 31.2 Å². The van der Waals surface area contributed by atoms with Crippen molar-refractivity contribution in [3.8, 4) is 11.6 Å². The average molecular weight is 314 g/mol. The number of morpholine rings is 1. The molecule has 0 bridgehead atoms. The summed E-state index contributed by atoms with van der Waals surface area (Å²) in [6.45, 7) is 5.72. The number of ether oxygens (including phenoxy) is 1. The van der Waals surface area contributed by atoms with Crippen LogP contribution in [0.15, 0.2) is 24.8 Å². The zero-order valence-corrected chi connectivity index (χ0v) is 12.9. The highest BCUT2D eigenvalue weighted by Crippen LogP contribution is 2.29. The minimum Gasteiger partial charge on any atom is -0.494 e. The standard InChI is InChI=1S/C15H18N6O2/c1-2-20-9-11(7-17-20)21-10-13-12(14(21)22)8-16-15(18-13)19-3-5-23-6-4-19/h7-10,22H,2-6H2,1H3. The van der Waals surface area contributed by atoms with Crippen molar-refractivity contribution in [2.24, 2.45) is 0 Å². The second-order valence-corrected chi connectivity index (χ2v) is 5.45. The minimum atomic E-state index is 0.129. The first-order valence-electron chi connectivity index (χ1n) is 7.69. The molecule has 1 saturated heterocycles. The van der Waals surface area contributed by atoms with Gasteiger partial charge in [0, 0.05) is 38.2 Å². The Morgan fingerprint density at radius 2 is 2.04 bits per heavy atom. The van der Waals surface area contributed by atoms with Crippen molar-refractivity contribution >= 4 is 16.9 Å². The third kappa shape index (κ3) is 2.40. The second kappa shape index (κ2) is 5.54. The molecule has 0 radical (unpaired) electrons. The lowest BCUT2D eigenvalue weighted by molar-refractivity contribution is 0.122. The largest absolute Gasteiger partial charge is 0.494 e. The number of aryl methyl sites for hydroxylation is 1. The Bertz CT molecular complexity index is 834. The van der Waals surface area contributed by atoms with Crippen LogP contribution in [0.4, 0.5) is 5.95 Å². The van der Waals surface area contributed by atoms with Crippen LogP contribution in [0.2, 0.25) is 0 Å². The van der Waals surface area contributed by atoms with Crippen LogP contribution < -0.4 is 4.90 Å². The summed E-state index contributed by atoms with van der Waals surface area (Å²) >= 11 is 0. The van der Waals surface area contributed by atoms with Gasteiger partial charge in [0.25, 0.3) is 0 Å². The van der Waals surface area contributed by atoms with Gasteiger partial charge >= 0.3 is 0 Å². The van der Waals surface area contributed by atoms with Crippen molar-refractivity contribution < 1.29 is 9.84 Å². The SMILES string of the molecule is CCn1cc(-n2cc3nc(N4CCOCC4)ncc3c2O)cn1. The Kier molecular flexibility index (Phi) is 3.38. The first-order chi connectivity index (χ1) is 11.3. The van der Waals surface area contributed by atoms with Crippen molar-refractivity contribution in [1.29, 1.82) is 0 Å². The summed E-state index contributed by atoms with van der Waals surface area (Å²) in [5.41, 5.74) is 1.51. The van der Waals surface area contributed by atoms with Crippen molar-refractivity contribution in [1.82, 2.24) is 24.3 Å². The molecule has 1 N–H and O–H groups in total. The molecule has 0 amide bonds. The number of aromatic nitrogens is 5. The summed E-state index contributed by atoms with van der Waals surface area (Å²) in [5.74, 6) is 0.798. The number of hydrogen-bond acceptors (Lipinski definition) is 6. The quantitative estimate of drug-likeness (QED) is 0.782. The molecule has 0 spiro atoms. The molecule has 0 aromatic carbocycles. The van der Waals surface area contributed by atoms with Gasteiger partial charge in [0.15, 0.2) is 0 Å². The van der Waals surface area contributed by atoms with E-state index >= 15 is 0 Å². The molecule has 1 aliphatic rings. The number of hydrogen-bond donors (Lipinski definition) is 1. The van der Waals surface area contributed by atoms with E-state index in [0.29, 0.717) is 30.1 Å². The highest BCUT2D eigenvalue weighted by molar-refractivity contribution is 5.85. The summed E-state index contributed by atoms with van der Waals surface area (Å²) < 4.78 is 8.84. The van der Waals surface area contributed by atoms with E-state index in [2.05, 4.69) is 20.0 Å². The van der Waals surface area contributed by atoms with Gasteiger partial charge in [-0.3, -0.25) is 9.25 Å². The van der Waals surface area contributed by atoms with E-state index in [-0.39, 0.29) is 5.88 Å². The van der Waals surface area contributed by atoms with Gasteiger partial charge in [0.2, 0.25) is 11.8 Å². The zero-order chi connectivity index (χ0) is 15.8. The Hall–Kier alpha value is -2.61. The summed E-state index contributed by atoms with van der Waals surface area (Å²) in [6.07, 6.45) is 7.09.